The van der Waals surface area contributed by atoms with Crippen molar-refractivity contribution in [2.45, 2.75) is 58.5 Å². The first kappa shape index (κ1) is 16.6. The maximum Gasteiger partial charge on any atom is 0.326 e. The van der Waals surface area contributed by atoms with E-state index in [0.29, 0.717) is 17.7 Å². The molecule has 1 atom stereocenters. The zero-order valence-corrected chi connectivity index (χ0v) is 14.9. The lowest BCUT2D eigenvalue weighted by atomic mass is 9.79. The van der Waals surface area contributed by atoms with E-state index < -0.39 is 6.03 Å². The first-order valence-electron chi connectivity index (χ1n) is 8.46. The fourth-order valence-electron chi connectivity index (χ4n) is 4.19. The summed E-state index contributed by atoms with van der Waals surface area (Å²) in [5.74, 6) is 0.0612. The molecule has 0 unspecified atom stereocenters. The summed E-state index contributed by atoms with van der Waals surface area (Å²) in [7, 11) is 0. The van der Waals surface area contributed by atoms with Gasteiger partial charge in [0.2, 0.25) is 0 Å². The molecule has 0 bridgehead atoms. The molecule has 2 heterocycles. The Morgan fingerprint density at radius 2 is 1.96 bits per heavy atom. The van der Waals surface area contributed by atoms with Gasteiger partial charge in [0, 0.05) is 17.3 Å². The average Bonchev–Trinajstić information content (AvgIpc) is 2.76. The van der Waals surface area contributed by atoms with Crippen LogP contribution in [0.2, 0.25) is 0 Å². The minimum absolute atomic E-state index is 0.111. The highest BCUT2D eigenvalue weighted by Crippen LogP contribution is 2.44. The molecule has 2 aliphatic heterocycles. The Kier molecular flexibility index (Phi) is 3.90. The Bertz CT molecular complexity index is 734. The smallest absolute Gasteiger partial charge is 0.326 e. The predicted octanol–water partition coefficient (Wildman–Crippen LogP) is 3.37. The van der Waals surface area contributed by atoms with Crippen LogP contribution in [0.4, 0.5) is 10.5 Å². The highest BCUT2D eigenvalue weighted by molar-refractivity contribution is 6.14. The number of nitrogens with one attached hydrogen (secondary N) is 2. The summed E-state index contributed by atoms with van der Waals surface area (Å²) in [6.07, 6.45) is 2.81. The van der Waals surface area contributed by atoms with Crippen LogP contribution >= 0.6 is 0 Å². The van der Waals surface area contributed by atoms with Crippen LogP contribution in [0.5, 0.6) is 0 Å². The molecule has 24 heavy (non-hydrogen) atoms. The summed E-state index contributed by atoms with van der Waals surface area (Å²) < 4.78 is 0. The Labute approximate surface area is 143 Å². The third kappa shape index (κ3) is 2.79. The predicted molar refractivity (Wildman–Crippen MR) is 95.8 cm³/mol. The summed E-state index contributed by atoms with van der Waals surface area (Å²) in [6.45, 7) is 11.3. The van der Waals surface area contributed by atoms with E-state index in [1.807, 2.05) is 6.07 Å². The Morgan fingerprint density at radius 1 is 1.25 bits per heavy atom. The molecule has 1 aromatic rings. The summed E-state index contributed by atoms with van der Waals surface area (Å²) in [5, 5.41) is 4.76. The molecule has 1 aromatic carbocycles. The van der Waals surface area contributed by atoms with Crippen LogP contribution in [0.25, 0.3) is 6.08 Å². The molecule has 1 saturated heterocycles. The first-order valence-corrected chi connectivity index (χ1v) is 8.46. The van der Waals surface area contributed by atoms with Crippen molar-refractivity contribution < 1.29 is 9.59 Å². The van der Waals surface area contributed by atoms with Gasteiger partial charge in [-0.05, 0) is 69.4 Å². The van der Waals surface area contributed by atoms with Crippen molar-refractivity contribution in [3.63, 3.8) is 0 Å². The van der Waals surface area contributed by atoms with Crippen molar-refractivity contribution in [2.24, 2.45) is 0 Å². The molecule has 128 valence electrons. The van der Waals surface area contributed by atoms with E-state index in [1.54, 1.807) is 6.08 Å². The molecule has 5 heteroatoms. The lowest BCUT2D eigenvalue weighted by molar-refractivity contribution is -0.115. The van der Waals surface area contributed by atoms with E-state index in [4.69, 9.17) is 0 Å². The van der Waals surface area contributed by atoms with Gasteiger partial charge in [0.25, 0.3) is 5.91 Å². The minimum atomic E-state index is -0.467. The molecule has 0 aliphatic carbocycles. The molecular weight excluding hydrogens is 302 g/mol. The number of carbonyl (C=O) groups excluding carboxylic acids is 2. The normalized spacial score (nSPS) is 24.2. The molecule has 3 amide bonds. The minimum Gasteiger partial charge on any atom is -0.364 e. The molecule has 0 saturated carbocycles. The summed E-state index contributed by atoms with van der Waals surface area (Å²) in [6, 6.07) is 6.22. The number of imide groups is 1. The van der Waals surface area contributed by atoms with Crippen LogP contribution in [-0.2, 0) is 4.79 Å². The molecule has 2 aliphatic rings. The second kappa shape index (κ2) is 5.65. The van der Waals surface area contributed by atoms with Crippen LogP contribution in [0.15, 0.2) is 23.9 Å². The van der Waals surface area contributed by atoms with Crippen LogP contribution in [0, 0.1) is 0 Å². The fraction of sp³-hybridized carbons (Fsp3) is 0.474. The van der Waals surface area contributed by atoms with Gasteiger partial charge in [-0.15, -0.1) is 0 Å². The maximum atomic E-state index is 11.7. The quantitative estimate of drug-likeness (QED) is 0.647. The highest BCUT2D eigenvalue weighted by Gasteiger charge is 2.37. The molecule has 0 radical (unpaired) electrons. The number of hydrogen-bond acceptors (Lipinski definition) is 3. The van der Waals surface area contributed by atoms with E-state index in [-0.39, 0.29) is 11.4 Å². The standard InChI is InChI=1S/C19H25N3O2/c1-11(2)22-16-7-6-13(9-15-17(23)21-18(24)20-15)8-14(16)12(3)10-19(22,4)5/h6-9,11-12H,10H2,1-5H3,(H2,20,21,23,24)/b15-9+/t12-/m0/s1. The third-order valence-electron chi connectivity index (χ3n) is 4.85. The Hall–Kier alpha value is -2.30. The van der Waals surface area contributed by atoms with E-state index in [1.165, 1.54) is 11.3 Å². The topological polar surface area (TPSA) is 61.4 Å². The van der Waals surface area contributed by atoms with Crippen LogP contribution < -0.4 is 15.5 Å². The van der Waals surface area contributed by atoms with Gasteiger partial charge < -0.3 is 10.2 Å². The van der Waals surface area contributed by atoms with Gasteiger partial charge in [-0.2, -0.15) is 0 Å². The molecule has 0 spiro atoms. The van der Waals surface area contributed by atoms with Crippen molar-refractivity contribution in [3.8, 4) is 0 Å². The van der Waals surface area contributed by atoms with Crippen LogP contribution in [-0.4, -0.2) is 23.5 Å². The number of anilines is 1. The second-order valence-corrected chi connectivity index (χ2v) is 7.67. The third-order valence-corrected chi connectivity index (χ3v) is 4.85. The number of fused-ring (bicyclic) bond motifs is 1. The Morgan fingerprint density at radius 3 is 2.54 bits per heavy atom. The van der Waals surface area contributed by atoms with Gasteiger partial charge >= 0.3 is 6.03 Å². The van der Waals surface area contributed by atoms with Gasteiger partial charge in [-0.3, -0.25) is 10.1 Å². The zero-order chi connectivity index (χ0) is 17.6. The van der Waals surface area contributed by atoms with Gasteiger partial charge in [0.15, 0.2) is 0 Å². The molecule has 2 N–H and O–H groups in total. The summed E-state index contributed by atoms with van der Waals surface area (Å²) in [4.78, 5) is 25.4. The number of rotatable bonds is 2. The van der Waals surface area contributed by atoms with Crippen molar-refractivity contribution in [3.05, 3.63) is 35.0 Å². The SMILES string of the molecule is CC(C)N1c2ccc(/C=C3/NC(=O)NC3=O)cc2[C@@H](C)CC1(C)C. The van der Waals surface area contributed by atoms with E-state index in [0.717, 1.165) is 12.0 Å². The maximum absolute atomic E-state index is 11.7. The number of carbonyl (C=O) groups is 2. The molecule has 1 fully saturated rings. The monoisotopic (exact) mass is 327 g/mol. The van der Waals surface area contributed by atoms with Crippen LogP contribution in [0.1, 0.15) is 58.1 Å². The van der Waals surface area contributed by atoms with Gasteiger partial charge in [0.05, 0.1) is 0 Å². The van der Waals surface area contributed by atoms with Crippen LogP contribution in [0.3, 0.4) is 0 Å². The number of hydrogen-bond donors (Lipinski definition) is 2. The number of nitrogens with zero attached hydrogens (tertiary/aromatic N) is 1. The zero-order valence-electron chi connectivity index (χ0n) is 14.9. The van der Waals surface area contributed by atoms with E-state index >= 15 is 0 Å². The number of urea groups is 1. The second-order valence-electron chi connectivity index (χ2n) is 7.67. The molecule has 3 rings (SSSR count). The van der Waals surface area contributed by atoms with E-state index in [2.05, 4.69) is 62.3 Å². The highest BCUT2D eigenvalue weighted by atomic mass is 16.2. The molecule has 5 nitrogen and oxygen atoms in total. The van der Waals surface area contributed by atoms with Crippen molar-refractivity contribution >= 4 is 23.7 Å². The Balaban J connectivity index is 2.02. The number of benzene rings is 1. The van der Waals surface area contributed by atoms with Crippen molar-refractivity contribution in [2.75, 3.05) is 4.90 Å². The van der Waals surface area contributed by atoms with E-state index in [9.17, 15) is 9.59 Å². The molecular formula is C19H25N3O2. The van der Waals surface area contributed by atoms with Gasteiger partial charge in [-0.25, -0.2) is 4.79 Å². The van der Waals surface area contributed by atoms with Gasteiger partial charge in [0.1, 0.15) is 5.70 Å². The van der Waals surface area contributed by atoms with Crippen molar-refractivity contribution in [1.82, 2.24) is 10.6 Å². The first-order chi connectivity index (χ1) is 11.2. The molecule has 0 aromatic heterocycles. The fourth-order valence-corrected chi connectivity index (χ4v) is 4.19. The largest absolute Gasteiger partial charge is 0.364 e. The summed E-state index contributed by atoms with van der Waals surface area (Å²) >= 11 is 0. The van der Waals surface area contributed by atoms with Crippen molar-refractivity contribution in [1.29, 1.82) is 0 Å². The average molecular weight is 327 g/mol. The van der Waals surface area contributed by atoms with Gasteiger partial charge in [-0.1, -0.05) is 13.0 Å². The lowest BCUT2D eigenvalue weighted by Gasteiger charge is -2.50. The summed E-state index contributed by atoms with van der Waals surface area (Å²) in [5.41, 5.74) is 3.89. The lowest BCUT2D eigenvalue weighted by Crippen LogP contribution is -2.51. The number of amides is 3.